The van der Waals surface area contributed by atoms with Gasteiger partial charge in [0.2, 0.25) is 21.8 Å². The molecule has 2 aromatic rings. The molecule has 3 aliphatic rings. The summed E-state index contributed by atoms with van der Waals surface area (Å²) >= 11 is 0. The number of hydrogen-bond donors (Lipinski definition) is 3. The fourth-order valence-electron chi connectivity index (χ4n) is 6.67. The Kier molecular flexibility index (Phi) is 10.9. The Balaban J connectivity index is 1.43. The van der Waals surface area contributed by atoms with E-state index in [0.717, 1.165) is 0 Å². The van der Waals surface area contributed by atoms with Crippen LogP contribution >= 0.6 is 0 Å². The lowest BCUT2D eigenvalue weighted by Gasteiger charge is -2.33. The Morgan fingerprint density at radius 1 is 1.10 bits per heavy atom. The molecule has 3 N–H and O–H groups in total. The van der Waals surface area contributed by atoms with Gasteiger partial charge in [-0.25, -0.2) is 13.2 Å². The van der Waals surface area contributed by atoms with E-state index in [1.54, 1.807) is 37.5 Å². The lowest BCUT2D eigenvalue weighted by atomic mass is 9.77. The van der Waals surface area contributed by atoms with Crippen LogP contribution in [0.5, 0.6) is 5.75 Å². The van der Waals surface area contributed by atoms with E-state index in [0.29, 0.717) is 36.4 Å². The molecular formula is C35H49N7O8S. The van der Waals surface area contributed by atoms with Gasteiger partial charge in [-0.3, -0.25) is 19.1 Å². The first-order valence-electron chi connectivity index (χ1n) is 17.4. The zero-order valence-corrected chi connectivity index (χ0v) is 30.9. The number of amides is 3. The molecule has 3 aliphatic carbocycles. The van der Waals surface area contributed by atoms with E-state index in [9.17, 15) is 27.6 Å². The first-order valence-corrected chi connectivity index (χ1v) is 18.9. The molecule has 15 nitrogen and oxygen atoms in total. The Morgan fingerprint density at radius 3 is 2.35 bits per heavy atom. The maximum atomic E-state index is 14.5. The van der Waals surface area contributed by atoms with Gasteiger partial charge in [0.05, 0.1) is 31.1 Å². The van der Waals surface area contributed by atoms with Gasteiger partial charge < -0.3 is 20.1 Å². The van der Waals surface area contributed by atoms with E-state index < -0.39 is 68.1 Å². The van der Waals surface area contributed by atoms with Crippen LogP contribution in [0, 0.1) is 29.1 Å². The number of rotatable bonds is 15. The number of allylic oxidation sites excluding steroid dienone is 1. The number of ether oxygens (including phenoxy) is 2. The Labute approximate surface area is 298 Å². The van der Waals surface area contributed by atoms with E-state index in [2.05, 4.69) is 37.3 Å². The molecule has 0 bridgehead atoms. The minimum Gasteiger partial charge on any atom is -0.497 e. The summed E-state index contributed by atoms with van der Waals surface area (Å²) < 4.78 is 38.2. The number of alkyl carbamates (subject to hydrolysis) is 1. The number of Topliss-reactive ketones (excluding diaryl/α,β-unsaturated/α-hetero) is 1. The molecule has 0 spiro atoms. The zero-order chi connectivity index (χ0) is 37.3. The first kappa shape index (κ1) is 37.9. The zero-order valence-electron chi connectivity index (χ0n) is 30.0. The van der Waals surface area contributed by atoms with Crippen LogP contribution in [0.3, 0.4) is 0 Å². The molecule has 6 atom stereocenters. The van der Waals surface area contributed by atoms with Crippen molar-refractivity contribution >= 4 is 33.7 Å². The number of hydrogen-bond acceptors (Lipinski definition) is 11. The minimum absolute atomic E-state index is 0.0808. The van der Waals surface area contributed by atoms with Crippen molar-refractivity contribution in [2.24, 2.45) is 29.1 Å². The third-order valence-corrected chi connectivity index (χ3v) is 11.6. The van der Waals surface area contributed by atoms with Gasteiger partial charge in [-0.2, -0.15) is 4.80 Å². The molecule has 3 amide bonds. The molecular weight excluding hydrogens is 678 g/mol. The molecule has 1 aromatic heterocycles. The largest absolute Gasteiger partial charge is 0.497 e. The Hall–Kier alpha value is -4.34. The molecule has 2 unspecified atom stereocenters. The summed E-state index contributed by atoms with van der Waals surface area (Å²) in [5.41, 5.74) is -1.55. The monoisotopic (exact) mass is 727 g/mol. The van der Waals surface area contributed by atoms with Crippen LogP contribution in [0.1, 0.15) is 79.2 Å². The summed E-state index contributed by atoms with van der Waals surface area (Å²) in [4.78, 5) is 56.6. The maximum absolute atomic E-state index is 14.5. The van der Waals surface area contributed by atoms with Gasteiger partial charge in [0.25, 0.3) is 5.91 Å². The van der Waals surface area contributed by atoms with Gasteiger partial charge >= 0.3 is 6.09 Å². The first-order chi connectivity index (χ1) is 24.0. The maximum Gasteiger partial charge on any atom is 0.407 e. The second-order valence-electron chi connectivity index (χ2n) is 15.4. The van der Waals surface area contributed by atoms with Crippen LogP contribution in [0.2, 0.25) is 0 Å². The number of nitrogens with zero attached hydrogens (tertiary/aromatic N) is 4. The summed E-state index contributed by atoms with van der Waals surface area (Å²) in [6.07, 6.45) is 2.68. The Bertz CT molecular complexity index is 1750. The van der Waals surface area contributed by atoms with Gasteiger partial charge in [-0.1, -0.05) is 40.7 Å². The molecule has 5 rings (SSSR count). The number of benzene rings is 1. The van der Waals surface area contributed by atoms with E-state index in [1.165, 1.54) is 4.80 Å². The van der Waals surface area contributed by atoms with Crippen molar-refractivity contribution in [1.82, 2.24) is 35.6 Å². The van der Waals surface area contributed by atoms with Gasteiger partial charge in [0.15, 0.2) is 5.78 Å². The normalized spacial score (nSPS) is 25.1. The highest BCUT2D eigenvalue weighted by molar-refractivity contribution is 7.91. The average molecular weight is 728 g/mol. The number of nitrogens with one attached hydrogen (secondary N) is 3. The van der Waals surface area contributed by atoms with Crippen molar-refractivity contribution in [2.75, 3.05) is 13.7 Å². The van der Waals surface area contributed by atoms with Crippen LogP contribution < -0.4 is 20.1 Å². The minimum atomic E-state index is -3.88. The fraction of sp³-hybridized carbons (Fsp3) is 0.629. The van der Waals surface area contributed by atoms with Gasteiger partial charge in [0.1, 0.15) is 11.3 Å². The SMILES string of the molecule is C=CC[C@@H]1C[C@]1(NC(=O)[C@@H]1C[C@@H](n2nnc(-c3ccc(OC)cc3)n2)CC1C(=O)C(NC(=O)OCC(C)C)C(C)(C)C)C(=O)NS(=O)(=O)C1CC1. The molecule has 0 saturated heterocycles. The number of aromatic nitrogens is 4. The molecule has 0 radical (unpaired) electrons. The van der Waals surface area contributed by atoms with Crippen molar-refractivity contribution in [3.05, 3.63) is 36.9 Å². The van der Waals surface area contributed by atoms with Crippen LogP contribution in [0.4, 0.5) is 4.79 Å². The van der Waals surface area contributed by atoms with Crippen molar-refractivity contribution < 1.29 is 37.1 Å². The number of ketones is 1. The van der Waals surface area contributed by atoms with Crippen LogP contribution in [0.15, 0.2) is 36.9 Å². The molecule has 1 heterocycles. The van der Waals surface area contributed by atoms with Gasteiger partial charge in [0, 0.05) is 17.4 Å². The van der Waals surface area contributed by atoms with Gasteiger partial charge in [-0.15, -0.1) is 16.8 Å². The molecule has 0 aliphatic heterocycles. The third kappa shape index (κ3) is 8.59. The van der Waals surface area contributed by atoms with Gasteiger partial charge in [-0.05, 0) is 85.3 Å². The van der Waals surface area contributed by atoms with E-state index in [4.69, 9.17) is 9.47 Å². The average Bonchev–Trinajstić information content (AvgIpc) is 3.94. The van der Waals surface area contributed by atoms with Crippen molar-refractivity contribution in [1.29, 1.82) is 0 Å². The molecule has 16 heteroatoms. The van der Waals surface area contributed by atoms with Crippen molar-refractivity contribution in [2.45, 2.75) is 96.0 Å². The smallest absolute Gasteiger partial charge is 0.407 e. The quantitative estimate of drug-likeness (QED) is 0.227. The molecule has 278 valence electrons. The fourth-order valence-corrected chi connectivity index (χ4v) is 8.03. The summed E-state index contributed by atoms with van der Waals surface area (Å²) in [6, 6.07) is 5.56. The second kappa shape index (κ2) is 14.7. The molecule has 51 heavy (non-hydrogen) atoms. The van der Waals surface area contributed by atoms with Crippen LogP contribution in [-0.4, -0.2) is 82.9 Å². The number of sulfonamides is 1. The van der Waals surface area contributed by atoms with E-state index in [1.807, 2.05) is 34.6 Å². The predicted molar refractivity (Wildman–Crippen MR) is 187 cm³/mol. The Morgan fingerprint density at radius 2 is 1.76 bits per heavy atom. The highest BCUT2D eigenvalue weighted by Crippen LogP contribution is 2.49. The summed E-state index contributed by atoms with van der Waals surface area (Å²) in [7, 11) is -2.32. The van der Waals surface area contributed by atoms with E-state index >= 15 is 0 Å². The summed E-state index contributed by atoms with van der Waals surface area (Å²) in [6.45, 7) is 13.1. The number of carbonyl (C=O) groups excluding carboxylic acids is 4. The van der Waals surface area contributed by atoms with E-state index in [-0.39, 0.29) is 43.5 Å². The summed E-state index contributed by atoms with van der Waals surface area (Å²) in [5.74, 6) is -2.93. The molecule has 3 saturated carbocycles. The lowest BCUT2D eigenvalue weighted by molar-refractivity contribution is -0.137. The van der Waals surface area contributed by atoms with Crippen LogP contribution in [0.25, 0.3) is 11.4 Å². The molecule has 1 aromatic carbocycles. The van der Waals surface area contributed by atoms with Crippen LogP contribution in [-0.2, 0) is 29.1 Å². The standard InChI is InChI=1S/C35H49N7O8S/c1-8-9-22-18-35(22,32(45)40-51(47,48)25-14-15-25)37-31(44)27-17-23(42-39-30(38-41-42)21-10-12-24(49-7)13-11-21)16-26(27)28(43)29(34(4,5)6)36-33(46)50-19-20(2)3/h8,10-13,20,22-23,25-27,29H,1,9,14-19H2,2-7H3,(H,36,46)(H,37,44)(H,40,45)/t22-,23+,26?,27-,29?,35-/m1/s1. The topological polar surface area (TPSA) is 201 Å². The number of methoxy groups -OCH3 is 1. The number of carbonyl (C=O) groups is 4. The molecule has 3 fully saturated rings. The highest BCUT2D eigenvalue weighted by atomic mass is 32.2. The van der Waals surface area contributed by atoms with Crippen molar-refractivity contribution in [3.63, 3.8) is 0 Å². The predicted octanol–water partition coefficient (Wildman–Crippen LogP) is 3.34. The van der Waals surface area contributed by atoms with Crippen molar-refractivity contribution in [3.8, 4) is 17.1 Å². The third-order valence-electron chi connectivity index (χ3n) is 9.81. The second-order valence-corrected chi connectivity index (χ2v) is 17.4. The summed E-state index contributed by atoms with van der Waals surface area (Å²) in [5, 5.41) is 18.0. The lowest BCUT2D eigenvalue weighted by Crippen LogP contribution is -2.56. The number of tetrazole rings is 1. The highest BCUT2D eigenvalue weighted by Gasteiger charge is 2.62.